The summed E-state index contributed by atoms with van der Waals surface area (Å²) in [5.41, 5.74) is 2.14. The number of hydrogen-bond acceptors (Lipinski definition) is 2. The Balaban J connectivity index is 2.01. The predicted octanol–water partition coefficient (Wildman–Crippen LogP) is 3.81. The van der Waals surface area contributed by atoms with Crippen LogP contribution in [-0.2, 0) is 6.42 Å². The zero-order valence-electron chi connectivity index (χ0n) is 11.5. The fourth-order valence-corrected chi connectivity index (χ4v) is 1.94. The average Bonchev–Trinajstić information content (AvgIpc) is 2.41. The summed E-state index contributed by atoms with van der Waals surface area (Å²) in [6.07, 6.45) is 7.00. The minimum atomic E-state index is 0.749. The van der Waals surface area contributed by atoms with Crippen LogP contribution in [0.15, 0.2) is 30.3 Å². The summed E-state index contributed by atoms with van der Waals surface area (Å²) in [6.45, 7) is 4.03. The summed E-state index contributed by atoms with van der Waals surface area (Å²) >= 11 is 0. The van der Waals surface area contributed by atoms with E-state index in [1.54, 1.807) is 0 Å². The van der Waals surface area contributed by atoms with Crippen molar-refractivity contribution in [1.82, 2.24) is 5.32 Å². The molecule has 0 unspecified atom stereocenters. The first kappa shape index (κ1) is 14.9. The van der Waals surface area contributed by atoms with E-state index in [0.29, 0.717) is 0 Å². The summed E-state index contributed by atoms with van der Waals surface area (Å²) in [5.74, 6) is 0. The lowest BCUT2D eigenvalue weighted by atomic mass is 10.1. The fourth-order valence-electron chi connectivity index (χ4n) is 1.94. The molecular formula is C16H26N2. The van der Waals surface area contributed by atoms with E-state index >= 15 is 0 Å². The van der Waals surface area contributed by atoms with Crippen molar-refractivity contribution in [3.63, 3.8) is 0 Å². The van der Waals surface area contributed by atoms with Gasteiger partial charge in [0.1, 0.15) is 0 Å². The van der Waals surface area contributed by atoms with E-state index in [0.717, 1.165) is 31.6 Å². The van der Waals surface area contributed by atoms with Gasteiger partial charge in [-0.05, 0) is 31.4 Å². The monoisotopic (exact) mass is 246 g/mol. The lowest BCUT2D eigenvalue weighted by Gasteiger charge is -2.06. The van der Waals surface area contributed by atoms with Crippen LogP contribution in [0.25, 0.3) is 0 Å². The van der Waals surface area contributed by atoms with Gasteiger partial charge in [0.25, 0.3) is 0 Å². The molecule has 100 valence electrons. The van der Waals surface area contributed by atoms with Crippen LogP contribution >= 0.6 is 0 Å². The molecule has 0 spiro atoms. The van der Waals surface area contributed by atoms with E-state index in [9.17, 15) is 0 Å². The molecule has 1 aromatic rings. The number of benzene rings is 1. The van der Waals surface area contributed by atoms with Crippen molar-refractivity contribution in [2.24, 2.45) is 0 Å². The van der Waals surface area contributed by atoms with Crippen molar-refractivity contribution in [1.29, 1.82) is 5.41 Å². The SMILES string of the molecule is CCCCCCNCC(=N)CCc1ccccc1. The zero-order valence-corrected chi connectivity index (χ0v) is 11.5. The molecule has 0 atom stereocenters. The van der Waals surface area contributed by atoms with E-state index < -0.39 is 0 Å². The van der Waals surface area contributed by atoms with E-state index in [2.05, 4.69) is 36.5 Å². The first-order chi connectivity index (χ1) is 8.83. The highest BCUT2D eigenvalue weighted by Crippen LogP contribution is 2.02. The molecule has 0 heterocycles. The molecule has 0 aliphatic heterocycles. The van der Waals surface area contributed by atoms with Crippen LogP contribution in [0.1, 0.15) is 44.6 Å². The highest BCUT2D eigenvalue weighted by Gasteiger charge is 1.98. The van der Waals surface area contributed by atoms with Gasteiger partial charge < -0.3 is 10.7 Å². The molecule has 1 rings (SSSR count). The summed E-state index contributed by atoms with van der Waals surface area (Å²) in [4.78, 5) is 0. The largest absolute Gasteiger partial charge is 0.311 e. The van der Waals surface area contributed by atoms with E-state index in [1.165, 1.54) is 31.2 Å². The lowest BCUT2D eigenvalue weighted by molar-refractivity contribution is 0.623. The number of rotatable bonds is 10. The first-order valence-electron chi connectivity index (χ1n) is 7.14. The molecule has 1 aromatic carbocycles. The molecule has 0 aliphatic carbocycles. The van der Waals surface area contributed by atoms with Gasteiger partial charge in [-0.15, -0.1) is 0 Å². The maximum absolute atomic E-state index is 7.89. The first-order valence-corrected chi connectivity index (χ1v) is 7.14. The molecule has 0 aromatic heterocycles. The third-order valence-electron chi connectivity index (χ3n) is 3.10. The Hall–Kier alpha value is -1.15. The van der Waals surface area contributed by atoms with Crippen LogP contribution in [-0.4, -0.2) is 18.8 Å². The highest BCUT2D eigenvalue weighted by atomic mass is 14.9. The lowest BCUT2D eigenvalue weighted by Crippen LogP contribution is -2.23. The third-order valence-corrected chi connectivity index (χ3v) is 3.10. The van der Waals surface area contributed by atoms with Crippen LogP contribution in [0.3, 0.4) is 0 Å². The molecule has 2 nitrogen and oxygen atoms in total. The molecular weight excluding hydrogens is 220 g/mol. The van der Waals surface area contributed by atoms with Crippen molar-refractivity contribution in [2.45, 2.75) is 45.4 Å². The topological polar surface area (TPSA) is 35.9 Å². The number of nitrogens with one attached hydrogen (secondary N) is 2. The Morgan fingerprint density at radius 1 is 1.11 bits per heavy atom. The molecule has 0 fully saturated rings. The molecule has 0 bridgehead atoms. The van der Waals surface area contributed by atoms with Crippen LogP contribution in [0, 0.1) is 5.41 Å². The van der Waals surface area contributed by atoms with Crippen molar-refractivity contribution >= 4 is 5.71 Å². The van der Waals surface area contributed by atoms with Crippen LogP contribution in [0.5, 0.6) is 0 Å². The number of unbranched alkanes of at least 4 members (excludes halogenated alkanes) is 3. The smallest absolute Gasteiger partial charge is 0.0332 e. The maximum atomic E-state index is 7.89. The fraction of sp³-hybridized carbons (Fsp3) is 0.562. The summed E-state index contributed by atoms with van der Waals surface area (Å²) in [6, 6.07) is 10.4. The van der Waals surface area contributed by atoms with Gasteiger partial charge in [-0.1, -0.05) is 56.5 Å². The molecule has 0 aliphatic rings. The van der Waals surface area contributed by atoms with Crippen molar-refractivity contribution in [3.8, 4) is 0 Å². The van der Waals surface area contributed by atoms with Gasteiger partial charge in [0.15, 0.2) is 0 Å². The second kappa shape index (κ2) is 9.84. The third kappa shape index (κ3) is 7.23. The molecule has 0 saturated carbocycles. The second-order valence-electron chi connectivity index (χ2n) is 4.83. The van der Waals surface area contributed by atoms with Gasteiger partial charge in [-0.2, -0.15) is 0 Å². The average molecular weight is 246 g/mol. The Kier molecular flexibility index (Phi) is 8.15. The second-order valence-corrected chi connectivity index (χ2v) is 4.83. The standard InChI is InChI=1S/C16H26N2/c1-2-3-4-8-13-18-14-16(17)12-11-15-9-6-5-7-10-15/h5-7,9-10,17-18H,2-4,8,11-14H2,1H3. The van der Waals surface area contributed by atoms with Crippen molar-refractivity contribution in [3.05, 3.63) is 35.9 Å². The van der Waals surface area contributed by atoms with Gasteiger partial charge >= 0.3 is 0 Å². The highest BCUT2D eigenvalue weighted by molar-refractivity contribution is 5.83. The van der Waals surface area contributed by atoms with Gasteiger partial charge in [0.2, 0.25) is 0 Å². The Morgan fingerprint density at radius 3 is 2.61 bits per heavy atom. The van der Waals surface area contributed by atoms with Gasteiger partial charge in [-0.3, -0.25) is 0 Å². The number of aryl methyl sites for hydroxylation is 1. The normalized spacial score (nSPS) is 10.5. The summed E-state index contributed by atoms with van der Waals surface area (Å²) < 4.78 is 0. The quantitative estimate of drug-likeness (QED) is 0.478. The van der Waals surface area contributed by atoms with E-state index in [-0.39, 0.29) is 0 Å². The summed E-state index contributed by atoms with van der Waals surface area (Å²) in [5, 5.41) is 11.2. The molecule has 2 heteroatoms. The van der Waals surface area contributed by atoms with Gasteiger partial charge in [-0.25, -0.2) is 0 Å². The van der Waals surface area contributed by atoms with Gasteiger partial charge in [0.05, 0.1) is 0 Å². The van der Waals surface area contributed by atoms with Crippen LogP contribution < -0.4 is 5.32 Å². The molecule has 18 heavy (non-hydrogen) atoms. The molecule has 0 amide bonds. The van der Waals surface area contributed by atoms with Crippen molar-refractivity contribution in [2.75, 3.05) is 13.1 Å². The minimum Gasteiger partial charge on any atom is -0.311 e. The van der Waals surface area contributed by atoms with Crippen LogP contribution in [0.2, 0.25) is 0 Å². The molecule has 0 radical (unpaired) electrons. The summed E-state index contributed by atoms with van der Waals surface area (Å²) in [7, 11) is 0. The van der Waals surface area contributed by atoms with Crippen molar-refractivity contribution < 1.29 is 0 Å². The Labute approximate surface area is 111 Å². The Bertz CT molecular complexity index is 319. The van der Waals surface area contributed by atoms with Crippen LogP contribution in [0.4, 0.5) is 0 Å². The maximum Gasteiger partial charge on any atom is 0.0332 e. The number of hydrogen-bond donors (Lipinski definition) is 2. The van der Waals surface area contributed by atoms with E-state index in [4.69, 9.17) is 5.41 Å². The minimum absolute atomic E-state index is 0.749. The molecule has 0 saturated heterocycles. The Morgan fingerprint density at radius 2 is 1.89 bits per heavy atom. The van der Waals surface area contributed by atoms with Gasteiger partial charge in [0, 0.05) is 12.3 Å². The zero-order chi connectivity index (χ0) is 13.1. The van der Waals surface area contributed by atoms with E-state index in [1.807, 2.05) is 6.07 Å². The predicted molar refractivity (Wildman–Crippen MR) is 79.5 cm³/mol. The molecule has 2 N–H and O–H groups in total.